The van der Waals surface area contributed by atoms with Crippen molar-refractivity contribution in [2.24, 2.45) is 5.41 Å². The highest BCUT2D eigenvalue weighted by Gasteiger charge is 2.40. The van der Waals surface area contributed by atoms with Crippen LogP contribution in [0.15, 0.2) is 24.3 Å². The van der Waals surface area contributed by atoms with E-state index < -0.39 is 5.41 Å². The number of carbonyl (C=O) groups is 1. The van der Waals surface area contributed by atoms with Gasteiger partial charge in [0.15, 0.2) is 0 Å². The highest BCUT2D eigenvalue weighted by Crippen LogP contribution is 2.36. The monoisotopic (exact) mass is 284 g/mol. The van der Waals surface area contributed by atoms with Crippen LogP contribution in [0.3, 0.4) is 0 Å². The minimum atomic E-state index is -0.816. The molecule has 2 aliphatic rings. The van der Waals surface area contributed by atoms with Gasteiger partial charge in [0.1, 0.15) is 17.3 Å². The number of carbonyl (C=O) groups excluding carboxylic acids is 1. The molecule has 1 aliphatic carbocycles. The maximum absolute atomic E-state index is 12.4. The minimum Gasteiger partial charge on any atom is -0.488 e. The van der Waals surface area contributed by atoms with Crippen molar-refractivity contribution in [3.05, 3.63) is 29.8 Å². The number of ether oxygens (including phenoxy) is 1. The van der Waals surface area contributed by atoms with E-state index >= 15 is 0 Å². The summed E-state index contributed by atoms with van der Waals surface area (Å²) in [5.74, 6) is 0.786. The average molecular weight is 284 g/mol. The molecule has 1 heterocycles. The van der Waals surface area contributed by atoms with Gasteiger partial charge in [-0.3, -0.25) is 4.79 Å². The molecule has 0 radical (unpaired) electrons. The first kappa shape index (κ1) is 13.9. The zero-order chi connectivity index (χ0) is 14.7. The Bertz CT molecular complexity index is 545. The quantitative estimate of drug-likeness (QED) is 0.928. The maximum Gasteiger partial charge on any atom is 0.240 e. The van der Waals surface area contributed by atoms with Gasteiger partial charge in [-0.05, 0) is 24.5 Å². The number of nitriles is 1. The molecule has 4 heteroatoms. The van der Waals surface area contributed by atoms with E-state index in [0.717, 1.165) is 31.4 Å². The molecule has 1 atom stereocenters. The van der Waals surface area contributed by atoms with Gasteiger partial charge < -0.3 is 10.1 Å². The standard InChI is InChI=1S/C17H20N2O2/c18-12-17(8-4-1-5-9-17)16(20)19-11-14-10-13-6-2-3-7-15(13)21-14/h2-3,6-7,14H,1,4-5,8-11H2,(H,19,20). The Morgan fingerprint density at radius 1 is 1.33 bits per heavy atom. The number of hydrogen-bond donors (Lipinski definition) is 1. The number of para-hydroxylation sites is 1. The summed E-state index contributed by atoms with van der Waals surface area (Å²) in [5.41, 5.74) is 0.369. The second-order valence-corrected chi connectivity index (χ2v) is 6.02. The normalized spacial score (nSPS) is 22.7. The zero-order valence-electron chi connectivity index (χ0n) is 12.1. The van der Waals surface area contributed by atoms with E-state index in [1.165, 1.54) is 5.56 Å². The lowest BCUT2D eigenvalue weighted by Crippen LogP contribution is -2.44. The van der Waals surface area contributed by atoms with E-state index in [1.807, 2.05) is 18.2 Å². The lowest BCUT2D eigenvalue weighted by atomic mass is 9.74. The van der Waals surface area contributed by atoms with Crippen LogP contribution in [0.25, 0.3) is 0 Å². The van der Waals surface area contributed by atoms with Crippen LogP contribution in [0.4, 0.5) is 0 Å². The van der Waals surface area contributed by atoms with E-state index in [4.69, 9.17) is 4.74 Å². The molecule has 1 aromatic carbocycles. The summed E-state index contributed by atoms with van der Waals surface area (Å²) in [4.78, 5) is 12.4. The first-order valence-corrected chi connectivity index (χ1v) is 7.68. The molecule has 1 amide bonds. The third-order valence-corrected chi connectivity index (χ3v) is 4.56. The van der Waals surface area contributed by atoms with Crippen molar-refractivity contribution in [3.63, 3.8) is 0 Å². The summed E-state index contributed by atoms with van der Waals surface area (Å²) in [6, 6.07) is 10.2. The fourth-order valence-corrected chi connectivity index (χ4v) is 3.29. The molecule has 0 saturated heterocycles. The molecule has 1 saturated carbocycles. The number of fused-ring (bicyclic) bond motifs is 1. The minimum absolute atomic E-state index is 0.0225. The number of rotatable bonds is 3. The number of nitrogens with zero attached hydrogens (tertiary/aromatic N) is 1. The fraction of sp³-hybridized carbons (Fsp3) is 0.529. The van der Waals surface area contributed by atoms with E-state index in [-0.39, 0.29) is 12.0 Å². The molecular formula is C17H20N2O2. The number of hydrogen-bond acceptors (Lipinski definition) is 3. The van der Waals surface area contributed by atoms with Gasteiger partial charge in [0.05, 0.1) is 12.6 Å². The first-order chi connectivity index (χ1) is 10.2. The number of nitrogens with one attached hydrogen (secondary N) is 1. The van der Waals surface area contributed by atoms with E-state index in [2.05, 4.69) is 17.5 Å². The van der Waals surface area contributed by atoms with E-state index in [1.54, 1.807) is 0 Å². The zero-order valence-corrected chi connectivity index (χ0v) is 12.1. The van der Waals surface area contributed by atoms with Gasteiger partial charge in [-0.2, -0.15) is 5.26 Å². The van der Waals surface area contributed by atoms with Crippen molar-refractivity contribution in [1.82, 2.24) is 5.32 Å². The molecule has 21 heavy (non-hydrogen) atoms. The smallest absolute Gasteiger partial charge is 0.240 e. The summed E-state index contributed by atoms with van der Waals surface area (Å²) in [7, 11) is 0. The second kappa shape index (κ2) is 5.77. The highest BCUT2D eigenvalue weighted by molar-refractivity contribution is 5.85. The molecule has 4 nitrogen and oxygen atoms in total. The second-order valence-electron chi connectivity index (χ2n) is 6.02. The van der Waals surface area contributed by atoms with Crippen LogP contribution >= 0.6 is 0 Å². The number of amides is 1. The van der Waals surface area contributed by atoms with Gasteiger partial charge in [0.25, 0.3) is 0 Å². The SMILES string of the molecule is N#CC1(C(=O)NCC2Cc3ccccc3O2)CCCCC1. The molecule has 1 aliphatic heterocycles. The molecule has 1 unspecified atom stereocenters. The third kappa shape index (κ3) is 2.73. The molecule has 0 bridgehead atoms. The van der Waals surface area contributed by atoms with Crippen LogP contribution in [-0.2, 0) is 11.2 Å². The maximum atomic E-state index is 12.4. The summed E-state index contributed by atoms with van der Waals surface area (Å²) < 4.78 is 5.81. The summed E-state index contributed by atoms with van der Waals surface area (Å²) in [6.07, 6.45) is 5.21. The lowest BCUT2D eigenvalue weighted by molar-refractivity contribution is -0.129. The topological polar surface area (TPSA) is 62.1 Å². The summed E-state index contributed by atoms with van der Waals surface area (Å²) in [5, 5.41) is 12.3. The fourth-order valence-electron chi connectivity index (χ4n) is 3.29. The van der Waals surface area contributed by atoms with Crippen molar-refractivity contribution in [1.29, 1.82) is 5.26 Å². The Morgan fingerprint density at radius 3 is 2.81 bits per heavy atom. The van der Waals surface area contributed by atoms with Crippen molar-refractivity contribution < 1.29 is 9.53 Å². The Labute approximate surface area is 125 Å². The molecule has 0 aromatic heterocycles. The van der Waals surface area contributed by atoms with Crippen LogP contribution in [0.5, 0.6) is 5.75 Å². The van der Waals surface area contributed by atoms with E-state index in [0.29, 0.717) is 19.4 Å². The predicted molar refractivity (Wildman–Crippen MR) is 78.7 cm³/mol. The van der Waals surface area contributed by atoms with Crippen LogP contribution in [0.1, 0.15) is 37.7 Å². The summed E-state index contributed by atoms with van der Waals surface area (Å²) >= 11 is 0. The van der Waals surface area contributed by atoms with Gasteiger partial charge in [-0.25, -0.2) is 0 Å². The molecular weight excluding hydrogens is 264 g/mol. The third-order valence-electron chi connectivity index (χ3n) is 4.56. The van der Waals surface area contributed by atoms with Crippen molar-refractivity contribution in [2.75, 3.05) is 6.54 Å². The van der Waals surface area contributed by atoms with Crippen molar-refractivity contribution >= 4 is 5.91 Å². The molecule has 0 spiro atoms. The van der Waals surface area contributed by atoms with Gasteiger partial charge in [-0.1, -0.05) is 37.5 Å². The van der Waals surface area contributed by atoms with Crippen molar-refractivity contribution in [2.45, 2.75) is 44.6 Å². The lowest BCUT2D eigenvalue weighted by Gasteiger charge is -2.29. The van der Waals surface area contributed by atoms with Gasteiger partial charge in [0.2, 0.25) is 5.91 Å². The average Bonchev–Trinajstić information content (AvgIpc) is 2.96. The largest absolute Gasteiger partial charge is 0.488 e. The van der Waals surface area contributed by atoms with Gasteiger partial charge >= 0.3 is 0 Å². The molecule has 3 rings (SSSR count). The van der Waals surface area contributed by atoms with Crippen LogP contribution in [0, 0.1) is 16.7 Å². The molecule has 110 valence electrons. The van der Waals surface area contributed by atoms with E-state index in [9.17, 15) is 10.1 Å². The molecule has 1 aromatic rings. The van der Waals surface area contributed by atoms with Crippen LogP contribution in [-0.4, -0.2) is 18.6 Å². The Morgan fingerprint density at radius 2 is 2.10 bits per heavy atom. The Kier molecular flexibility index (Phi) is 3.83. The van der Waals surface area contributed by atoms with Crippen molar-refractivity contribution in [3.8, 4) is 11.8 Å². The van der Waals surface area contributed by atoms with Gasteiger partial charge in [-0.15, -0.1) is 0 Å². The Hall–Kier alpha value is -2.02. The number of benzene rings is 1. The Balaban J connectivity index is 1.56. The van der Waals surface area contributed by atoms with Gasteiger partial charge in [0, 0.05) is 6.42 Å². The molecule has 1 fully saturated rings. The van der Waals surface area contributed by atoms with Crippen LogP contribution < -0.4 is 10.1 Å². The summed E-state index contributed by atoms with van der Waals surface area (Å²) in [6.45, 7) is 0.469. The highest BCUT2D eigenvalue weighted by atomic mass is 16.5. The predicted octanol–water partition coefficient (Wildman–Crippen LogP) is 2.58. The van der Waals surface area contributed by atoms with Crippen LogP contribution in [0.2, 0.25) is 0 Å². The molecule has 1 N–H and O–H groups in total. The first-order valence-electron chi connectivity index (χ1n) is 7.68.